The average molecular weight is 434 g/mol. The lowest BCUT2D eigenvalue weighted by molar-refractivity contribution is -0.129. The van der Waals surface area contributed by atoms with Gasteiger partial charge in [-0.2, -0.15) is 0 Å². The smallest absolute Gasteiger partial charge is 0.246 e. The molecule has 0 saturated heterocycles. The van der Waals surface area contributed by atoms with Crippen molar-refractivity contribution in [3.63, 3.8) is 0 Å². The zero-order valence-electron chi connectivity index (χ0n) is 17.7. The third kappa shape index (κ3) is 2.90. The molecule has 0 saturated carbocycles. The number of benzene rings is 1. The van der Waals surface area contributed by atoms with E-state index in [2.05, 4.69) is 40.2 Å². The van der Waals surface area contributed by atoms with E-state index in [1.165, 1.54) is 12.4 Å². The molecule has 4 aromatic rings. The summed E-state index contributed by atoms with van der Waals surface area (Å²) in [5.41, 5.74) is 10.3. The van der Waals surface area contributed by atoms with Gasteiger partial charge in [-0.05, 0) is 43.0 Å². The van der Waals surface area contributed by atoms with Gasteiger partial charge in [-0.1, -0.05) is 12.6 Å². The molecule has 2 N–H and O–H groups in total. The van der Waals surface area contributed by atoms with Crippen LogP contribution in [0.1, 0.15) is 18.2 Å². The van der Waals surface area contributed by atoms with Crippen molar-refractivity contribution in [1.29, 1.82) is 0 Å². The maximum absolute atomic E-state index is 12.5. The SMILES string of the molecule is C=CC(=O)N1Cc2c(-c3cc4cc(C)cc(OC)c4s3)c3c(N)ncnc3n2C[C@H]1C. The second-order valence-corrected chi connectivity index (χ2v) is 8.96. The molecule has 1 aromatic carbocycles. The number of ether oxygens (including phenoxy) is 1. The minimum Gasteiger partial charge on any atom is -0.495 e. The Morgan fingerprint density at radius 2 is 2.16 bits per heavy atom. The number of anilines is 1. The number of carbonyl (C=O) groups is 1. The molecule has 1 amide bonds. The molecule has 1 aliphatic heterocycles. The van der Waals surface area contributed by atoms with Gasteiger partial charge in [-0.25, -0.2) is 9.97 Å². The largest absolute Gasteiger partial charge is 0.495 e. The van der Waals surface area contributed by atoms with Crippen molar-refractivity contribution in [2.24, 2.45) is 0 Å². The van der Waals surface area contributed by atoms with Crippen molar-refractivity contribution in [3.8, 4) is 16.2 Å². The molecule has 0 unspecified atom stereocenters. The quantitative estimate of drug-likeness (QED) is 0.491. The molecule has 158 valence electrons. The van der Waals surface area contributed by atoms with E-state index in [0.29, 0.717) is 18.9 Å². The first-order chi connectivity index (χ1) is 14.9. The van der Waals surface area contributed by atoms with E-state index in [-0.39, 0.29) is 11.9 Å². The minimum atomic E-state index is -0.0809. The maximum atomic E-state index is 12.5. The van der Waals surface area contributed by atoms with Crippen LogP contribution in [0.5, 0.6) is 5.75 Å². The zero-order chi connectivity index (χ0) is 21.9. The zero-order valence-corrected chi connectivity index (χ0v) is 18.5. The fraction of sp³-hybridized carbons (Fsp3) is 0.261. The summed E-state index contributed by atoms with van der Waals surface area (Å²) in [6, 6.07) is 6.37. The number of aromatic nitrogens is 3. The molecule has 1 aliphatic rings. The molecule has 3 aromatic heterocycles. The van der Waals surface area contributed by atoms with Gasteiger partial charge in [0.05, 0.1) is 23.7 Å². The van der Waals surface area contributed by atoms with Crippen LogP contribution in [0.25, 0.3) is 31.6 Å². The average Bonchev–Trinajstić information content (AvgIpc) is 3.31. The first-order valence-corrected chi connectivity index (χ1v) is 10.9. The second kappa shape index (κ2) is 7.09. The van der Waals surface area contributed by atoms with E-state index in [4.69, 9.17) is 10.5 Å². The topological polar surface area (TPSA) is 86.3 Å². The normalized spacial score (nSPS) is 16.0. The number of thiophene rings is 1. The molecule has 8 heteroatoms. The van der Waals surface area contributed by atoms with Crippen LogP contribution in [-0.2, 0) is 17.9 Å². The fourth-order valence-corrected chi connectivity index (χ4v) is 5.71. The molecule has 0 radical (unpaired) electrons. The van der Waals surface area contributed by atoms with Crippen LogP contribution in [0, 0.1) is 6.92 Å². The number of nitrogens with two attached hydrogens (primary N) is 1. The van der Waals surface area contributed by atoms with Crippen molar-refractivity contribution in [1.82, 2.24) is 19.4 Å². The molecule has 1 atom stereocenters. The molecule has 4 heterocycles. The van der Waals surface area contributed by atoms with Crippen LogP contribution in [0.4, 0.5) is 5.82 Å². The Hall–Kier alpha value is -3.39. The van der Waals surface area contributed by atoms with Crippen molar-refractivity contribution < 1.29 is 9.53 Å². The van der Waals surface area contributed by atoms with Crippen LogP contribution in [-0.4, -0.2) is 38.5 Å². The van der Waals surface area contributed by atoms with Crippen LogP contribution >= 0.6 is 11.3 Å². The molecule has 7 nitrogen and oxygen atoms in total. The Morgan fingerprint density at radius 3 is 2.90 bits per heavy atom. The molecular weight excluding hydrogens is 410 g/mol. The third-order valence-electron chi connectivity index (χ3n) is 5.93. The Labute approximate surface area is 183 Å². The first-order valence-electron chi connectivity index (χ1n) is 10.1. The van der Waals surface area contributed by atoms with Gasteiger partial charge < -0.3 is 19.9 Å². The number of methoxy groups -OCH3 is 1. The van der Waals surface area contributed by atoms with E-state index in [9.17, 15) is 4.79 Å². The molecule has 31 heavy (non-hydrogen) atoms. The maximum Gasteiger partial charge on any atom is 0.246 e. The Balaban J connectivity index is 1.81. The van der Waals surface area contributed by atoms with E-state index in [1.807, 2.05) is 17.9 Å². The minimum absolute atomic E-state index is 0.0165. The summed E-state index contributed by atoms with van der Waals surface area (Å²) in [4.78, 5) is 24.2. The summed E-state index contributed by atoms with van der Waals surface area (Å²) in [7, 11) is 1.69. The summed E-state index contributed by atoms with van der Waals surface area (Å²) in [5.74, 6) is 1.21. The van der Waals surface area contributed by atoms with Gasteiger partial charge in [0, 0.05) is 28.7 Å². The van der Waals surface area contributed by atoms with Crippen LogP contribution < -0.4 is 10.5 Å². The molecule has 0 spiro atoms. The lowest BCUT2D eigenvalue weighted by atomic mass is 10.1. The second-order valence-electron chi connectivity index (χ2n) is 7.91. The number of fused-ring (bicyclic) bond motifs is 4. The predicted molar refractivity (Wildman–Crippen MR) is 124 cm³/mol. The van der Waals surface area contributed by atoms with E-state index >= 15 is 0 Å². The highest BCUT2D eigenvalue weighted by atomic mass is 32.1. The predicted octanol–water partition coefficient (Wildman–Crippen LogP) is 4.13. The highest BCUT2D eigenvalue weighted by Crippen LogP contribution is 2.46. The number of hydrogen-bond donors (Lipinski definition) is 1. The standard InChI is InChI=1S/C23H23N5O2S/c1-5-18(29)27-10-15-19(17-8-14-6-12(2)7-16(30-4)21(14)31-17)20-22(24)25-11-26-23(20)28(15)9-13(27)3/h5-8,11,13H,1,9-10H2,2-4H3,(H2,24,25,26)/t13-/m1/s1. The lowest BCUT2D eigenvalue weighted by Crippen LogP contribution is -2.44. The van der Waals surface area contributed by atoms with Crippen molar-refractivity contribution in [2.75, 3.05) is 12.8 Å². The highest BCUT2D eigenvalue weighted by molar-refractivity contribution is 7.22. The first kappa shape index (κ1) is 19.6. The van der Waals surface area contributed by atoms with Crippen molar-refractivity contribution >= 4 is 44.2 Å². The summed E-state index contributed by atoms with van der Waals surface area (Å²) >= 11 is 1.65. The van der Waals surface area contributed by atoms with Crippen LogP contribution in [0.3, 0.4) is 0 Å². The van der Waals surface area contributed by atoms with Crippen molar-refractivity contribution in [2.45, 2.75) is 33.0 Å². The summed E-state index contributed by atoms with van der Waals surface area (Å²) in [6.07, 6.45) is 2.87. The summed E-state index contributed by atoms with van der Waals surface area (Å²) < 4.78 is 8.88. The Morgan fingerprint density at radius 1 is 1.35 bits per heavy atom. The van der Waals surface area contributed by atoms with Gasteiger partial charge in [-0.3, -0.25) is 4.79 Å². The number of nitrogen functional groups attached to an aromatic ring is 1. The van der Waals surface area contributed by atoms with E-state index in [1.54, 1.807) is 18.4 Å². The van der Waals surface area contributed by atoms with Gasteiger partial charge in [0.15, 0.2) is 0 Å². The van der Waals surface area contributed by atoms with Gasteiger partial charge in [0.1, 0.15) is 23.5 Å². The lowest BCUT2D eigenvalue weighted by Gasteiger charge is -2.34. The van der Waals surface area contributed by atoms with E-state index in [0.717, 1.165) is 48.6 Å². The summed E-state index contributed by atoms with van der Waals surface area (Å²) in [5, 5.41) is 1.95. The number of nitrogens with zero attached hydrogens (tertiary/aromatic N) is 4. The number of hydrogen-bond acceptors (Lipinski definition) is 6. The number of carbonyl (C=O) groups excluding carboxylic acids is 1. The molecule has 0 bridgehead atoms. The fourth-order valence-electron chi connectivity index (χ4n) is 4.50. The number of rotatable bonds is 3. The van der Waals surface area contributed by atoms with Crippen molar-refractivity contribution in [3.05, 3.63) is 48.4 Å². The molecule has 5 rings (SSSR count). The number of aryl methyl sites for hydroxylation is 1. The number of amides is 1. The van der Waals surface area contributed by atoms with Gasteiger partial charge >= 0.3 is 0 Å². The Kier molecular flexibility index (Phi) is 4.48. The van der Waals surface area contributed by atoms with Gasteiger partial charge in [-0.15, -0.1) is 11.3 Å². The monoisotopic (exact) mass is 433 g/mol. The molecule has 0 fully saturated rings. The van der Waals surface area contributed by atoms with E-state index < -0.39 is 0 Å². The third-order valence-corrected chi connectivity index (χ3v) is 7.11. The van der Waals surface area contributed by atoms with Crippen LogP contribution in [0.15, 0.2) is 37.2 Å². The van der Waals surface area contributed by atoms with Gasteiger partial charge in [0.2, 0.25) is 5.91 Å². The molecular formula is C23H23N5O2S. The van der Waals surface area contributed by atoms with Crippen LogP contribution in [0.2, 0.25) is 0 Å². The summed E-state index contributed by atoms with van der Waals surface area (Å²) in [6.45, 7) is 8.85. The Bertz CT molecular complexity index is 1370. The molecule has 0 aliphatic carbocycles. The van der Waals surface area contributed by atoms with Gasteiger partial charge in [0.25, 0.3) is 0 Å². The highest BCUT2D eigenvalue weighted by Gasteiger charge is 2.32.